The van der Waals surface area contributed by atoms with Crippen LogP contribution in [0.1, 0.15) is 36.5 Å². The Kier molecular flexibility index (Phi) is 6.57. The van der Waals surface area contributed by atoms with E-state index in [1.54, 1.807) is 4.90 Å². The maximum absolute atomic E-state index is 13.4. The molecule has 156 valence electrons. The minimum Gasteiger partial charge on any atom is -0.394 e. The molecular weight excluding hydrogens is 393 g/mol. The highest BCUT2D eigenvalue weighted by Gasteiger charge is 2.44. The highest BCUT2D eigenvalue weighted by molar-refractivity contribution is 6.31. The molecule has 8 heteroatoms. The van der Waals surface area contributed by atoms with E-state index < -0.39 is 17.8 Å². The van der Waals surface area contributed by atoms with Gasteiger partial charge in [0.05, 0.1) is 17.7 Å². The first-order chi connectivity index (χ1) is 13.3. The fourth-order valence-corrected chi connectivity index (χ4v) is 4.58. The summed E-state index contributed by atoms with van der Waals surface area (Å²) in [5.74, 6) is -3.32. The molecule has 28 heavy (non-hydrogen) atoms. The van der Waals surface area contributed by atoms with Crippen LogP contribution in [0.25, 0.3) is 0 Å². The summed E-state index contributed by atoms with van der Waals surface area (Å²) in [4.78, 5) is 16.6. The van der Waals surface area contributed by atoms with Crippen LogP contribution in [0, 0.1) is 17.7 Å². The Hall–Kier alpha value is -1.31. The first-order valence-corrected chi connectivity index (χ1v) is 10.1. The summed E-state index contributed by atoms with van der Waals surface area (Å²) in [6, 6.07) is 3.44. The van der Waals surface area contributed by atoms with Crippen molar-refractivity contribution in [3.63, 3.8) is 0 Å². The lowest BCUT2D eigenvalue weighted by Gasteiger charge is -2.36. The van der Waals surface area contributed by atoms with E-state index in [0.717, 1.165) is 12.5 Å². The largest absolute Gasteiger partial charge is 0.394 e. The van der Waals surface area contributed by atoms with Crippen LogP contribution < -0.4 is 0 Å². The van der Waals surface area contributed by atoms with E-state index in [-0.39, 0.29) is 47.8 Å². The van der Waals surface area contributed by atoms with E-state index in [0.29, 0.717) is 26.2 Å². The van der Waals surface area contributed by atoms with Crippen LogP contribution in [0.15, 0.2) is 18.2 Å². The van der Waals surface area contributed by atoms with Gasteiger partial charge in [-0.3, -0.25) is 4.79 Å². The summed E-state index contributed by atoms with van der Waals surface area (Å²) in [5.41, 5.74) is 0.276. The highest BCUT2D eigenvalue weighted by Crippen LogP contribution is 2.36. The van der Waals surface area contributed by atoms with E-state index in [1.165, 1.54) is 12.1 Å². The van der Waals surface area contributed by atoms with Crippen molar-refractivity contribution in [2.75, 3.05) is 32.8 Å². The van der Waals surface area contributed by atoms with Crippen molar-refractivity contribution in [1.29, 1.82) is 0 Å². The van der Waals surface area contributed by atoms with Gasteiger partial charge < -0.3 is 14.9 Å². The van der Waals surface area contributed by atoms with Gasteiger partial charge in [-0.25, -0.2) is 13.2 Å². The molecular formula is C20H26ClF3N2O2. The average Bonchev–Trinajstić information content (AvgIpc) is 3.02. The molecule has 0 spiro atoms. The number of rotatable bonds is 5. The molecule has 3 atom stereocenters. The van der Waals surface area contributed by atoms with Crippen molar-refractivity contribution in [3.05, 3.63) is 34.6 Å². The number of alkyl halides is 2. The molecule has 2 aliphatic rings. The lowest BCUT2D eigenvalue weighted by atomic mass is 9.87. The van der Waals surface area contributed by atoms with Gasteiger partial charge in [-0.1, -0.05) is 24.9 Å². The van der Waals surface area contributed by atoms with E-state index >= 15 is 0 Å². The first-order valence-electron chi connectivity index (χ1n) is 9.72. The number of carbonyl (C=O) groups excluding carboxylic acids is 1. The molecule has 0 aliphatic carbocycles. The molecule has 1 N–H and O–H groups in total. The molecule has 2 fully saturated rings. The van der Waals surface area contributed by atoms with Crippen molar-refractivity contribution in [1.82, 2.24) is 9.80 Å². The number of hydrogen-bond acceptors (Lipinski definition) is 3. The Morgan fingerprint density at radius 1 is 1.32 bits per heavy atom. The normalized spacial score (nSPS) is 27.9. The third-order valence-corrected chi connectivity index (χ3v) is 6.42. The molecule has 0 unspecified atom stereocenters. The van der Waals surface area contributed by atoms with Gasteiger partial charge in [0.25, 0.3) is 11.8 Å². The van der Waals surface area contributed by atoms with Crippen molar-refractivity contribution in [2.24, 2.45) is 11.8 Å². The second kappa shape index (κ2) is 8.59. The van der Waals surface area contributed by atoms with Gasteiger partial charge in [0.15, 0.2) is 0 Å². The standard InChI is InChI=1S/C20H26ClF3N2O2/c1-2-13-10-26(19(28)14-3-4-17(22)16(21)9-14)18(12-27)15(13)11-25-7-5-20(23,24)6-8-25/h3-4,9,13,15,18,27H,2,5-8,10-12H2,1H3/t13-,15-,18-/m1/s1. The molecule has 2 heterocycles. The smallest absolute Gasteiger partial charge is 0.254 e. The van der Waals surface area contributed by atoms with Crippen molar-refractivity contribution < 1.29 is 23.1 Å². The molecule has 2 aliphatic heterocycles. The van der Waals surface area contributed by atoms with Crippen molar-refractivity contribution >= 4 is 17.5 Å². The molecule has 3 rings (SSSR count). The van der Waals surface area contributed by atoms with E-state index in [1.807, 2.05) is 11.8 Å². The Morgan fingerprint density at radius 3 is 2.57 bits per heavy atom. The summed E-state index contributed by atoms with van der Waals surface area (Å²) in [5, 5.41) is 9.89. The minimum absolute atomic E-state index is 0.00147. The number of likely N-dealkylation sites (tertiary alicyclic amines) is 2. The third kappa shape index (κ3) is 4.47. The number of benzene rings is 1. The predicted molar refractivity (Wildman–Crippen MR) is 101 cm³/mol. The number of hydrogen-bond donors (Lipinski definition) is 1. The van der Waals surface area contributed by atoms with Crippen LogP contribution in [0.4, 0.5) is 13.2 Å². The van der Waals surface area contributed by atoms with Crippen LogP contribution in [0.2, 0.25) is 5.02 Å². The van der Waals surface area contributed by atoms with Gasteiger partial charge in [-0.15, -0.1) is 0 Å². The summed E-state index contributed by atoms with van der Waals surface area (Å²) in [6.07, 6.45) is 0.507. The molecule has 0 bridgehead atoms. The lowest BCUT2D eigenvalue weighted by molar-refractivity contribution is -0.0591. The van der Waals surface area contributed by atoms with E-state index in [2.05, 4.69) is 0 Å². The van der Waals surface area contributed by atoms with Gasteiger partial charge >= 0.3 is 0 Å². The fraction of sp³-hybridized carbons (Fsp3) is 0.650. The van der Waals surface area contributed by atoms with E-state index in [9.17, 15) is 23.1 Å². The molecule has 0 aromatic heterocycles. The van der Waals surface area contributed by atoms with Crippen LogP contribution >= 0.6 is 11.6 Å². The molecule has 1 aromatic carbocycles. The number of nitrogens with zero attached hydrogens (tertiary/aromatic N) is 2. The zero-order valence-corrected chi connectivity index (χ0v) is 16.6. The molecule has 0 saturated carbocycles. The van der Waals surface area contributed by atoms with Crippen molar-refractivity contribution in [2.45, 2.75) is 38.2 Å². The van der Waals surface area contributed by atoms with Gasteiger partial charge in [-0.05, 0) is 30.0 Å². The number of halogens is 4. The highest BCUT2D eigenvalue weighted by atomic mass is 35.5. The van der Waals surface area contributed by atoms with Crippen molar-refractivity contribution in [3.8, 4) is 0 Å². The Morgan fingerprint density at radius 2 is 2.00 bits per heavy atom. The first kappa shape index (κ1) is 21.4. The number of aliphatic hydroxyl groups excluding tert-OH is 1. The maximum atomic E-state index is 13.4. The fourth-order valence-electron chi connectivity index (χ4n) is 4.39. The second-order valence-corrected chi connectivity index (χ2v) is 8.23. The summed E-state index contributed by atoms with van der Waals surface area (Å²) in [7, 11) is 0. The molecule has 1 aromatic rings. The molecule has 1 amide bonds. The quantitative estimate of drug-likeness (QED) is 0.793. The maximum Gasteiger partial charge on any atom is 0.254 e. The molecule has 0 radical (unpaired) electrons. The Bertz CT molecular complexity index is 709. The summed E-state index contributed by atoms with van der Waals surface area (Å²) < 4.78 is 40.3. The zero-order chi connectivity index (χ0) is 20.5. The summed E-state index contributed by atoms with van der Waals surface area (Å²) >= 11 is 5.81. The SMILES string of the molecule is CC[C@@H]1CN(C(=O)c2ccc(F)c(Cl)c2)[C@H](CO)[C@@H]1CN1CCC(F)(F)CC1. The second-order valence-electron chi connectivity index (χ2n) is 7.83. The Labute approximate surface area is 168 Å². The Balaban J connectivity index is 1.75. The topological polar surface area (TPSA) is 43.8 Å². The van der Waals surface area contributed by atoms with Gasteiger partial charge in [0.1, 0.15) is 5.82 Å². The zero-order valence-electron chi connectivity index (χ0n) is 15.9. The molecule has 4 nitrogen and oxygen atoms in total. The predicted octanol–water partition coefficient (Wildman–Crippen LogP) is 3.67. The van der Waals surface area contributed by atoms with Crippen LogP contribution in [0.5, 0.6) is 0 Å². The summed E-state index contributed by atoms with van der Waals surface area (Å²) in [6.45, 7) is 3.52. The van der Waals surface area contributed by atoms with Crippen LogP contribution in [-0.4, -0.2) is 65.6 Å². The molecule has 2 saturated heterocycles. The minimum atomic E-state index is -2.60. The van der Waals surface area contributed by atoms with Crippen LogP contribution in [0.3, 0.4) is 0 Å². The van der Waals surface area contributed by atoms with Crippen LogP contribution in [-0.2, 0) is 0 Å². The lowest BCUT2D eigenvalue weighted by Crippen LogP contribution is -2.46. The van der Waals surface area contributed by atoms with Gasteiger partial charge in [0, 0.05) is 44.6 Å². The monoisotopic (exact) mass is 418 g/mol. The number of carbonyl (C=O) groups is 1. The average molecular weight is 419 g/mol. The van der Waals surface area contributed by atoms with E-state index in [4.69, 9.17) is 11.6 Å². The number of amides is 1. The number of piperidine rings is 1. The third-order valence-electron chi connectivity index (χ3n) is 6.13. The van der Waals surface area contributed by atoms with Gasteiger partial charge in [-0.2, -0.15) is 0 Å². The van der Waals surface area contributed by atoms with Gasteiger partial charge in [0.2, 0.25) is 0 Å². The number of aliphatic hydroxyl groups is 1.